The third-order valence-electron chi connectivity index (χ3n) is 3.33. The summed E-state index contributed by atoms with van der Waals surface area (Å²) in [5, 5.41) is 0. The van der Waals surface area contributed by atoms with Gasteiger partial charge in [0.15, 0.2) is 9.84 Å². The van der Waals surface area contributed by atoms with Crippen molar-refractivity contribution in [3.8, 4) is 5.75 Å². The summed E-state index contributed by atoms with van der Waals surface area (Å²) in [6.07, 6.45) is 0.766. The first-order chi connectivity index (χ1) is 9.95. The molecule has 0 radical (unpaired) electrons. The first-order valence-corrected chi connectivity index (χ1v) is 8.83. The summed E-state index contributed by atoms with van der Waals surface area (Å²) in [5.74, 6) is -0.136. The Hall–Kier alpha value is -1.40. The number of benzene rings is 2. The molecule has 0 saturated heterocycles. The quantitative estimate of drug-likeness (QED) is 0.830. The molecule has 2 aromatic rings. The van der Waals surface area contributed by atoms with Crippen LogP contribution in [0.4, 0.5) is 4.39 Å². The first-order valence-electron chi connectivity index (χ1n) is 6.38. The Morgan fingerprint density at radius 1 is 1.24 bits per heavy atom. The number of hydrogen-bond acceptors (Lipinski definition) is 3. The molecule has 0 amide bonds. The fourth-order valence-corrected chi connectivity index (χ4v) is 4.32. The van der Waals surface area contributed by atoms with Crippen molar-refractivity contribution >= 4 is 25.8 Å². The highest BCUT2D eigenvalue weighted by atomic mass is 79.9. The summed E-state index contributed by atoms with van der Waals surface area (Å²) in [5.41, 5.74) is 1.59. The summed E-state index contributed by atoms with van der Waals surface area (Å²) in [4.78, 5) is -0.0192. The van der Waals surface area contributed by atoms with Crippen LogP contribution in [0.15, 0.2) is 45.8 Å². The summed E-state index contributed by atoms with van der Waals surface area (Å²) < 4.78 is 44.4. The van der Waals surface area contributed by atoms with Gasteiger partial charge in [0.1, 0.15) is 11.6 Å². The minimum absolute atomic E-state index is 0.0192. The van der Waals surface area contributed by atoms with Gasteiger partial charge in [0.05, 0.1) is 17.3 Å². The van der Waals surface area contributed by atoms with Gasteiger partial charge in [-0.1, -0.05) is 22.0 Å². The monoisotopic (exact) mass is 370 g/mol. The minimum atomic E-state index is -3.62. The van der Waals surface area contributed by atoms with Gasteiger partial charge in [0.25, 0.3) is 0 Å². The van der Waals surface area contributed by atoms with Crippen molar-refractivity contribution in [1.29, 1.82) is 0 Å². The van der Waals surface area contributed by atoms with Crippen LogP contribution in [0.5, 0.6) is 5.75 Å². The highest BCUT2D eigenvalue weighted by Gasteiger charge is 2.23. The normalized spacial score (nSPS) is 13.8. The molecule has 3 rings (SSSR count). The molecule has 110 valence electrons. The molecule has 0 atom stereocenters. The van der Waals surface area contributed by atoms with E-state index in [1.165, 1.54) is 18.2 Å². The zero-order chi connectivity index (χ0) is 15.0. The lowest BCUT2D eigenvalue weighted by molar-refractivity contribution is 0.354. The predicted molar refractivity (Wildman–Crippen MR) is 80.6 cm³/mol. The molecule has 21 heavy (non-hydrogen) atoms. The number of fused-ring (bicyclic) bond motifs is 1. The first kappa shape index (κ1) is 14.5. The van der Waals surface area contributed by atoms with E-state index in [0.29, 0.717) is 17.9 Å². The Morgan fingerprint density at radius 3 is 2.81 bits per heavy atom. The molecule has 0 N–H and O–H groups in total. The molecule has 0 bridgehead atoms. The van der Waals surface area contributed by atoms with Crippen molar-refractivity contribution in [2.45, 2.75) is 17.1 Å². The molecule has 0 saturated carbocycles. The van der Waals surface area contributed by atoms with Crippen LogP contribution in [0.2, 0.25) is 0 Å². The van der Waals surface area contributed by atoms with Crippen LogP contribution in [-0.2, 0) is 22.0 Å². The molecule has 1 aliphatic rings. The molecule has 0 unspecified atom stereocenters. The standard InChI is InChI=1S/C15H12BrFO3S/c16-12-6-10-4-5-20-15(10)11(7-12)9-21(18,19)14-3-1-2-13(17)8-14/h1-3,6-8H,4-5,9H2. The third-order valence-corrected chi connectivity index (χ3v) is 5.45. The van der Waals surface area contributed by atoms with Gasteiger partial charge < -0.3 is 4.74 Å². The van der Waals surface area contributed by atoms with Crippen LogP contribution in [0.3, 0.4) is 0 Å². The molecule has 0 aliphatic carbocycles. The van der Waals surface area contributed by atoms with Gasteiger partial charge in [-0.05, 0) is 35.9 Å². The van der Waals surface area contributed by atoms with Crippen LogP contribution in [0, 0.1) is 5.82 Å². The Morgan fingerprint density at radius 2 is 2.05 bits per heavy atom. The van der Waals surface area contributed by atoms with Crippen LogP contribution in [0.1, 0.15) is 11.1 Å². The molecule has 0 fully saturated rings. The van der Waals surface area contributed by atoms with Crippen molar-refractivity contribution in [3.63, 3.8) is 0 Å². The number of ether oxygens (including phenoxy) is 1. The van der Waals surface area contributed by atoms with E-state index in [1.807, 2.05) is 6.07 Å². The summed E-state index contributed by atoms with van der Waals surface area (Å²) >= 11 is 3.38. The fraction of sp³-hybridized carbons (Fsp3) is 0.200. The van der Waals surface area contributed by atoms with Crippen molar-refractivity contribution in [1.82, 2.24) is 0 Å². The molecule has 0 aromatic heterocycles. The third kappa shape index (κ3) is 2.96. The lowest BCUT2D eigenvalue weighted by Gasteiger charge is -2.10. The van der Waals surface area contributed by atoms with E-state index in [9.17, 15) is 12.8 Å². The maximum Gasteiger partial charge on any atom is 0.182 e. The van der Waals surface area contributed by atoms with Gasteiger partial charge in [-0.15, -0.1) is 0 Å². The fourth-order valence-electron chi connectivity index (χ4n) is 2.40. The molecule has 3 nitrogen and oxygen atoms in total. The van der Waals surface area contributed by atoms with E-state index in [4.69, 9.17) is 4.74 Å². The zero-order valence-corrected chi connectivity index (χ0v) is 13.4. The SMILES string of the molecule is O=S(=O)(Cc1cc(Br)cc2c1OCC2)c1cccc(F)c1. The smallest absolute Gasteiger partial charge is 0.182 e. The zero-order valence-electron chi connectivity index (χ0n) is 11.0. The predicted octanol–water partition coefficient (Wildman–Crippen LogP) is 3.50. The highest BCUT2D eigenvalue weighted by Crippen LogP contribution is 2.35. The second-order valence-electron chi connectivity index (χ2n) is 4.87. The average molecular weight is 371 g/mol. The van der Waals surface area contributed by atoms with E-state index >= 15 is 0 Å². The number of rotatable bonds is 3. The van der Waals surface area contributed by atoms with Crippen molar-refractivity contribution in [2.24, 2.45) is 0 Å². The van der Waals surface area contributed by atoms with Gasteiger partial charge in [0.2, 0.25) is 0 Å². The van der Waals surface area contributed by atoms with Gasteiger partial charge >= 0.3 is 0 Å². The lowest BCUT2D eigenvalue weighted by atomic mass is 10.1. The number of hydrogen-bond donors (Lipinski definition) is 0. The van der Waals surface area contributed by atoms with Crippen molar-refractivity contribution in [3.05, 3.63) is 57.8 Å². The van der Waals surface area contributed by atoms with Gasteiger partial charge in [-0.3, -0.25) is 0 Å². The summed E-state index contributed by atoms with van der Waals surface area (Å²) in [6, 6.07) is 8.72. The van der Waals surface area contributed by atoms with Gasteiger partial charge in [-0.2, -0.15) is 0 Å². The number of halogens is 2. The average Bonchev–Trinajstić information content (AvgIpc) is 2.86. The molecular formula is C15H12BrFO3S. The molecular weight excluding hydrogens is 359 g/mol. The Balaban J connectivity index is 2.01. The second kappa shape index (κ2) is 5.42. The van der Waals surface area contributed by atoms with E-state index < -0.39 is 15.7 Å². The molecule has 6 heteroatoms. The van der Waals surface area contributed by atoms with Gasteiger partial charge in [0, 0.05) is 16.5 Å². The van der Waals surface area contributed by atoms with E-state index in [-0.39, 0.29) is 10.6 Å². The molecule has 1 heterocycles. The summed E-state index contributed by atoms with van der Waals surface area (Å²) in [6.45, 7) is 0.554. The lowest BCUT2D eigenvalue weighted by Crippen LogP contribution is -2.06. The maximum absolute atomic E-state index is 13.2. The Labute approximate surface area is 130 Å². The Bertz CT molecular complexity index is 803. The highest BCUT2D eigenvalue weighted by molar-refractivity contribution is 9.10. The minimum Gasteiger partial charge on any atom is -0.493 e. The van der Waals surface area contributed by atoms with E-state index in [2.05, 4.69) is 15.9 Å². The molecule has 1 aliphatic heterocycles. The largest absolute Gasteiger partial charge is 0.493 e. The number of sulfone groups is 1. The van der Waals surface area contributed by atoms with Crippen molar-refractivity contribution < 1.29 is 17.5 Å². The van der Waals surface area contributed by atoms with Crippen LogP contribution < -0.4 is 4.74 Å². The second-order valence-corrected chi connectivity index (χ2v) is 7.77. The van der Waals surface area contributed by atoms with Crippen molar-refractivity contribution in [2.75, 3.05) is 6.61 Å². The summed E-state index contributed by atoms with van der Waals surface area (Å²) in [7, 11) is -3.62. The Kier molecular flexibility index (Phi) is 3.75. The maximum atomic E-state index is 13.2. The molecule has 2 aromatic carbocycles. The van der Waals surface area contributed by atoms with Crippen LogP contribution in [-0.4, -0.2) is 15.0 Å². The van der Waals surface area contributed by atoms with Gasteiger partial charge in [-0.25, -0.2) is 12.8 Å². The molecule has 0 spiro atoms. The van der Waals surface area contributed by atoms with E-state index in [0.717, 1.165) is 22.5 Å². The van der Waals surface area contributed by atoms with Crippen LogP contribution >= 0.6 is 15.9 Å². The topological polar surface area (TPSA) is 43.4 Å². The van der Waals surface area contributed by atoms with Crippen LogP contribution in [0.25, 0.3) is 0 Å². The van der Waals surface area contributed by atoms with E-state index in [1.54, 1.807) is 6.07 Å².